The molecule has 1 aromatic rings. The molecule has 0 bridgehead atoms. The molecular weight excluding hydrogens is 356 g/mol. The van der Waals surface area contributed by atoms with Crippen LogP contribution in [0.15, 0.2) is 24.3 Å². The van der Waals surface area contributed by atoms with Crippen molar-refractivity contribution in [1.82, 2.24) is 4.90 Å². The van der Waals surface area contributed by atoms with E-state index >= 15 is 0 Å². The predicted octanol–water partition coefficient (Wildman–Crippen LogP) is 4.19. The molecule has 2 fully saturated rings. The van der Waals surface area contributed by atoms with Crippen LogP contribution in [0.25, 0.3) is 0 Å². The molecule has 152 valence electrons. The molecule has 2 atom stereocenters. The van der Waals surface area contributed by atoms with Gasteiger partial charge in [0.05, 0.1) is 11.5 Å². The molecule has 1 amide bonds. The molecule has 2 aliphatic rings. The topological polar surface area (TPSA) is 82.8 Å². The van der Waals surface area contributed by atoms with Gasteiger partial charge in [0, 0.05) is 38.6 Å². The average molecular weight is 386 g/mol. The summed E-state index contributed by atoms with van der Waals surface area (Å²) in [5.74, 6) is 0.769. The number of nitrogens with zero attached hydrogens (tertiary/aromatic N) is 2. The maximum atomic E-state index is 11.6. The van der Waals surface area contributed by atoms with Crippen molar-refractivity contribution in [3.8, 4) is 11.8 Å². The van der Waals surface area contributed by atoms with Gasteiger partial charge in [-0.3, -0.25) is 0 Å². The van der Waals surface area contributed by atoms with Gasteiger partial charge in [-0.1, -0.05) is 32.9 Å². The molecule has 2 heterocycles. The van der Waals surface area contributed by atoms with Gasteiger partial charge in [-0.05, 0) is 36.0 Å². The number of likely N-dealkylation sites (tertiary alicyclic amines) is 1. The van der Waals surface area contributed by atoms with Crippen LogP contribution in [0, 0.1) is 16.7 Å². The molecule has 2 unspecified atom stereocenters. The normalized spacial score (nSPS) is 25.0. The van der Waals surface area contributed by atoms with Crippen LogP contribution in [-0.2, 0) is 10.2 Å². The lowest BCUT2D eigenvalue weighted by atomic mass is 9.75. The first-order chi connectivity index (χ1) is 13.2. The molecule has 28 heavy (non-hydrogen) atoms. The quantitative estimate of drug-likeness (QED) is 0.842. The Morgan fingerprint density at radius 3 is 2.46 bits per heavy atom. The summed E-state index contributed by atoms with van der Waals surface area (Å²) in [7, 11) is 0. The molecule has 1 N–H and O–H groups in total. The molecule has 6 heteroatoms. The van der Waals surface area contributed by atoms with Gasteiger partial charge in [0.25, 0.3) is 0 Å². The second-order valence-corrected chi connectivity index (χ2v) is 8.95. The zero-order valence-electron chi connectivity index (χ0n) is 17.0. The lowest BCUT2D eigenvalue weighted by Gasteiger charge is -2.44. The molecule has 0 saturated carbocycles. The van der Waals surface area contributed by atoms with Gasteiger partial charge in [-0.25, -0.2) is 4.79 Å². The van der Waals surface area contributed by atoms with E-state index in [0.29, 0.717) is 45.4 Å². The summed E-state index contributed by atoms with van der Waals surface area (Å²) in [6.45, 7) is 7.92. The van der Waals surface area contributed by atoms with Crippen LogP contribution in [-0.4, -0.2) is 48.0 Å². The number of rotatable bonds is 3. The Morgan fingerprint density at radius 1 is 1.29 bits per heavy atom. The van der Waals surface area contributed by atoms with Crippen LogP contribution in [0.4, 0.5) is 4.79 Å². The van der Waals surface area contributed by atoms with E-state index in [0.717, 1.165) is 11.3 Å². The summed E-state index contributed by atoms with van der Waals surface area (Å²) in [5, 5.41) is 19.2. The summed E-state index contributed by atoms with van der Waals surface area (Å²) in [6, 6.07) is 10.2. The zero-order chi connectivity index (χ0) is 20.4. The second-order valence-electron chi connectivity index (χ2n) is 8.95. The minimum atomic E-state index is -0.860. The van der Waals surface area contributed by atoms with Gasteiger partial charge in [0.1, 0.15) is 11.9 Å². The van der Waals surface area contributed by atoms with Gasteiger partial charge < -0.3 is 19.5 Å². The molecule has 0 spiro atoms. The number of carboxylic acid groups (broad SMARTS) is 1. The molecule has 6 nitrogen and oxygen atoms in total. The van der Waals surface area contributed by atoms with E-state index in [2.05, 4.69) is 26.8 Å². The van der Waals surface area contributed by atoms with Crippen molar-refractivity contribution in [2.75, 3.05) is 19.8 Å². The number of benzene rings is 1. The number of ether oxygens (including phenoxy) is 2. The Bertz CT molecular complexity index is 726. The van der Waals surface area contributed by atoms with Gasteiger partial charge >= 0.3 is 6.09 Å². The van der Waals surface area contributed by atoms with Crippen molar-refractivity contribution < 1.29 is 19.4 Å². The van der Waals surface area contributed by atoms with E-state index in [1.54, 1.807) is 4.90 Å². The number of hydrogen-bond donors (Lipinski definition) is 1. The highest BCUT2D eigenvalue weighted by Gasteiger charge is 2.39. The SMILES string of the molecule is CC(C)(C)C1CC(Oc2ccc(C3(C#N)CCOCC3)cc2)CCN1C(=O)O. The standard InChI is InChI=1S/C22H30N2O4/c1-21(2,3)19-14-18(8-11-24(19)20(25)26)28-17-6-4-16(5-7-17)22(15-23)9-12-27-13-10-22/h4-7,18-19H,8-14H2,1-3H3,(H,25,26). The van der Waals surface area contributed by atoms with Crippen molar-refractivity contribution in [3.05, 3.63) is 29.8 Å². The minimum absolute atomic E-state index is 0.0151. The van der Waals surface area contributed by atoms with Crippen LogP contribution in [0.1, 0.15) is 52.0 Å². The molecule has 3 rings (SSSR count). The highest BCUT2D eigenvalue weighted by atomic mass is 16.5. The van der Waals surface area contributed by atoms with Crippen LogP contribution in [0.3, 0.4) is 0 Å². The van der Waals surface area contributed by atoms with E-state index in [1.807, 2.05) is 24.3 Å². The molecule has 2 saturated heterocycles. The minimum Gasteiger partial charge on any atom is -0.490 e. The van der Waals surface area contributed by atoms with E-state index in [1.165, 1.54) is 0 Å². The number of carbonyl (C=O) groups is 1. The van der Waals surface area contributed by atoms with Crippen LogP contribution < -0.4 is 4.74 Å². The zero-order valence-corrected chi connectivity index (χ0v) is 17.0. The number of nitriles is 1. The lowest BCUT2D eigenvalue weighted by molar-refractivity contribution is 0.0130. The molecule has 0 aliphatic carbocycles. The number of piperidine rings is 1. The first kappa shape index (κ1) is 20.5. The highest BCUT2D eigenvalue weighted by Crippen LogP contribution is 2.36. The summed E-state index contributed by atoms with van der Waals surface area (Å²) < 4.78 is 11.6. The number of amides is 1. The Balaban J connectivity index is 1.69. The van der Waals surface area contributed by atoms with Crippen molar-refractivity contribution in [3.63, 3.8) is 0 Å². The van der Waals surface area contributed by atoms with E-state index in [4.69, 9.17) is 9.47 Å². The summed E-state index contributed by atoms with van der Waals surface area (Å²) in [6.07, 6.45) is 1.91. The van der Waals surface area contributed by atoms with Crippen LogP contribution in [0.5, 0.6) is 5.75 Å². The predicted molar refractivity (Wildman–Crippen MR) is 105 cm³/mol. The van der Waals surface area contributed by atoms with Gasteiger partial charge in [-0.15, -0.1) is 0 Å². The third kappa shape index (κ3) is 4.25. The average Bonchev–Trinajstić information content (AvgIpc) is 2.68. The van der Waals surface area contributed by atoms with Crippen molar-refractivity contribution in [1.29, 1.82) is 5.26 Å². The first-order valence-corrected chi connectivity index (χ1v) is 10.0. The first-order valence-electron chi connectivity index (χ1n) is 10.0. The number of hydrogen-bond acceptors (Lipinski definition) is 4. The Morgan fingerprint density at radius 2 is 1.93 bits per heavy atom. The van der Waals surface area contributed by atoms with Gasteiger partial charge in [-0.2, -0.15) is 5.26 Å². The molecule has 1 aromatic carbocycles. The fourth-order valence-electron chi connectivity index (χ4n) is 4.32. The monoisotopic (exact) mass is 386 g/mol. The summed E-state index contributed by atoms with van der Waals surface area (Å²) in [5.41, 5.74) is 0.395. The Hall–Kier alpha value is -2.26. The third-order valence-corrected chi connectivity index (χ3v) is 6.07. The van der Waals surface area contributed by atoms with E-state index in [-0.39, 0.29) is 17.6 Å². The van der Waals surface area contributed by atoms with Gasteiger partial charge in [0.15, 0.2) is 0 Å². The van der Waals surface area contributed by atoms with E-state index in [9.17, 15) is 15.2 Å². The van der Waals surface area contributed by atoms with Gasteiger partial charge in [0.2, 0.25) is 0 Å². The van der Waals surface area contributed by atoms with Crippen molar-refractivity contribution in [2.24, 2.45) is 5.41 Å². The highest BCUT2D eigenvalue weighted by molar-refractivity contribution is 5.65. The second kappa shape index (κ2) is 8.00. The van der Waals surface area contributed by atoms with Crippen molar-refractivity contribution in [2.45, 2.75) is 64.0 Å². The van der Waals surface area contributed by atoms with Crippen molar-refractivity contribution >= 4 is 6.09 Å². The summed E-state index contributed by atoms with van der Waals surface area (Å²) >= 11 is 0. The maximum absolute atomic E-state index is 11.6. The lowest BCUT2D eigenvalue weighted by Crippen LogP contribution is -2.53. The summed E-state index contributed by atoms with van der Waals surface area (Å²) in [4.78, 5) is 13.1. The maximum Gasteiger partial charge on any atom is 0.407 e. The third-order valence-electron chi connectivity index (χ3n) is 6.07. The largest absolute Gasteiger partial charge is 0.490 e. The molecular formula is C22H30N2O4. The molecule has 0 radical (unpaired) electrons. The molecule has 2 aliphatic heterocycles. The molecule has 0 aromatic heterocycles. The fourth-order valence-corrected chi connectivity index (χ4v) is 4.32. The smallest absolute Gasteiger partial charge is 0.407 e. The fraction of sp³-hybridized carbons (Fsp3) is 0.636. The Kier molecular flexibility index (Phi) is 5.85. The van der Waals surface area contributed by atoms with E-state index < -0.39 is 11.5 Å². The van der Waals surface area contributed by atoms with Crippen LogP contribution >= 0.6 is 0 Å². The van der Waals surface area contributed by atoms with Crippen LogP contribution in [0.2, 0.25) is 0 Å². The Labute approximate surface area is 167 Å².